The van der Waals surface area contributed by atoms with E-state index in [4.69, 9.17) is 0 Å². The third-order valence-electron chi connectivity index (χ3n) is 2.65. The minimum atomic E-state index is 0.912. The van der Waals surface area contributed by atoms with Crippen LogP contribution >= 0.6 is 0 Å². The van der Waals surface area contributed by atoms with E-state index in [0.29, 0.717) is 0 Å². The summed E-state index contributed by atoms with van der Waals surface area (Å²) in [5.41, 5.74) is 1.25. The summed E-state index contributed by atoms with van der Waals surface area (Å²) < 4.78 is 1.84. The van der Waals surface area contributed by atoms with Gasteiger partial charge in [-0.3, -0.25) is 4.68 Å². The predicted molar refractivity (Wildman–Crippen MR) is 67.3 cm³/mol. The van der Waals surface area contributed by atoms with Gasteiger partial charge < -0.3 is 10.2 Å². The van der Waals surface area contributed by atoms with Gasteiger partial charge in [-0.15, -0.1) is 0 Å². The van der Waals surface area contributed by atoms with Crippen molar-refractivity contribution in [1.82, 2.24) is 20.0 Å². The van der Waals surface area contributed by atoms with E-state index < -0.39 is 0 Å². The van der Waals surface area contributed by atoms with Crippen molar-refractivity contribution >= 4 is 0 Å². The second kappa shape index (κ2) is 7.41. The molecule has 0 bridgehead atoms. The van der Waals surface area contributed by atoms with Crippen LogP contribution in [0.1, 0.15) is 25.3 Å². The molecule has 1 aromatic rings. The summed E-state index contributed by atoms with van der Waals surface area (Å²) in [6, 6.07) is 0. The molecular weight excluding hydrogens is 200 g/mol. The average molecular weight is 224 g/mol. The number of aryl methyl sites for hydroxylation is 1. The number of aromatic nitrogens is 2. The summed E-state index contributed by atoms with van der Waals surface area (Å²) in [5.74, 6) is 0. The van der Waals surface area contributed by atoms with Crippen LogP contribution in [0.5, 0.6) is 0 Å². The van der Waals surface area contributed by atoms with Gasteiger partial charge >= 0.3 is 0 Å². The Morgan fingerprint density at radius 3 is 2.88 bits per heavy atom. The fraction of sp³-hybridized carbons (Fsp3) is 0.750. The molecule has 0 aliphatic rings. The van der Waals surface area contributed by atoms with E-state index in [0.717, 1.165) is 19.6 Å². The minimum Gasteiger partial charge on any atom is -0.311 e. The molecule has 4 nitrogen and oxygen atoms in total. The van der Waals surface area contributed by atoms with Crippen LogP contribution in [0.4, 0.5) is 0 Å². The van der Waals surface area contributed by atoms with Gasteiger partial charge in [0.1, 0.15) is 0 Å². The molecule has 0 saturated heterocycles. The summed E-state index contributed by atoms with van der Waals surface area (Å²) in [6.07, 6.45) is 6.52. The zero-order valence-electron chi connectivity index (χ0n) is 10.7. The molecule has 1 N–H and O–H groups in total. The Balaban J connectivity index is 2.03. The Morgan fingerprint density at radius 2 is 2.25 bits per heavy atom. The summed E-state index contributed by atoms with van der Waals surface area (Å²) in [7, 11) is 4.13. The van der Waals surface area contributed by atoms with Crippen LogP contribution in [-0.2, 0) is 13.6 Å². The summed E-state index contributed by atoms with van der Waals surface area (Å²) in [4.78, 5) is 2.37. The van der Waals surface area contributed by atoms with Crippen molar-refractivity contribution in [3.05, 3.63) is 18.0 Å². The molecule has 0 aliphatic carbocycles. The molecule has 92 valence electrons. The van der Waals surface area contributed by atoms with Gasteiger partial charge in [0.2, 0.25) is 0 Å². The predicted octanol–water partition coefficient (Wildman–Crippen LogP) is 1.24. The van der Waals surface area contributed by atoms with Crippen molar-refractivity contribution in [2.45, 2.75) is 26.3 Å². The van der Waals surface area contributed by atoms with Gasteiger partial charge in [-0.1, -0.05) is 13.3 Å². The molecule has 0 aliphatic heterocycles. The first kappa shape index (κ1) is 13.2. The van der Waals surface area contributed by atoms with Crippen molar-refractivity contribution in [3.8, 4) is 0 Å². The normalized spacial score (nSPS) is 11.2. The highest BCUT2D eigenvalue weighted by molar-refractivity contribution is 5.02. The lowest BCUT2D eigenvalue weighted by atomic mass is 10.3. The van der Waals surface area contributed by atoms with Crippen LogP contribution in [0, 0.1) is 0 Å². The maximum Gasteiger partial charge on any atom is 0.0534 e. The monoisotopic (exact) mass is 224 g/mol. The quantitative estimate of drug-likeness (QED) is 0.675. The molecule has 0 saturated carbocycles. The topological polar surface area (TPSA) is 33.1 Å². The smallest absolute Gasteiger partial charge is 0.0534 e. The second-order valence-corrected chi connectivity index (χ2v) is 4.36. The summed E-state index contributed by atoms with van der Waals surface area (Å²) in [6.45, 7) is 6.49. The van der Waals surface area contributed by atoms with Crippen LogP contribution in [0.25, 0.3) is 0 Å². The molecule has 0 radical (unpaired) electrons. The largest absolute Gasteiger partial charge is 0.311 e. The molecule has 1 heterocycles. The highest BCUT2D eigenvalue weighted by Gasteiger charge is 1.98. The van der Waals surface area contributed by atoms with Crippen LogP contribution < -0.4 is 5.32 Å². The minimum absolute atomic E-state index is 0.912. The number of likely N-dealkylation sites (N-methyl/N-ethyl adjacent to an activating group) is 1. The van der Waals surface area contributed by atoms with Crippen molar-refractivity contribution in [2.24, 2.45) is 7.05 Å². The Morgan fingerprint density at radius 1 is 1.44 bits per heavy atom. The van der Waals surface area contributed by atoms with E-state index in [-0.39, 0.29) is 0 Å². The third-order valence-corrected chi connectivity index (χ3v) is 2.65. The van der Waals surface area contributed by atoms with Gasteiger partial charge in [0.15, 0.2) is 0 Å². The van der Waals surface area contributed by atoms with Crippen LogP contribution in [-0.4, -0.2) is 41.4 Å². The first-order valence-electron chi connectivity index (χ1n) is 6.09. The van der Waals surface area contributed by atoms with E-state index in [1.807, 2.05) is 24.1 Å². The molecule has 1 aromatic heterocycles. The molecule has 4 heteroatoms. The molecule has 0 aromatic carbocycles. The first-order valence-corrected chi connectivity index (χ1v) is 6.09. The molecule has 16 heavy (non-hydrogen) atoms. The fourth-order valence-electron chi connectivity index (χ4n) is 1.61. The standard InChI is InChI=1S/C12H24N4/c1-4-5-7-15(2)8-6-13-9-12-10-14-16(3)11-12/h10-11,13H,4-9H2,1-3H3. The van der Waals surface area contributed by atoms with E-state index in [1.165, 1.54) is 24.9 Å². The maximum atomic E-state index is 4.14. The highest BCUT2D eigenvalue weighted by atomic mass is 15.2. The number of rotatable bonds is 8. The van der Waals surface area contributed by atoms with Gasteiger partial charge in [0.25, 0.3) is 0 Å². The zero-order valence-corrected chi connectivity index (χ0v) is 10.7. The van der Waals surface area contributed by atoms with Gasteiger partial charge in [-0.05, 0) is 20.0 Å². The molecule has 0 spiro atoms. The van der Waals surface area contributed by atoms with Crippen molar-refractivity contribution in [1.29, 1.82) is 0 Å². The lowest BCUT2D eigenvalue weighted by molar-refractivity contribution is 0.325. The van der Waals surface area contributed by atoms with Crippen LogP contribution in [0.2, 0.25) is 0 Å². The van der Waals surface area contributed by atoms with Gasteiger partial charge in [0.05, 0.1) is 6.20 Å². The van der Waals surface area contributed by atoms with Crippen molar-refractivity contribution in [3.63, 3.8) is 0 Å². The number of unbranched alkanes of at least 4 members (excludes halogenated alkanes) is 1. The Bertz CT molecular complexity index is 282. The molecule has 1 rings (SSSR count). The van der Waals surface area contributed by atoms with Crippen molar-refractivity contribution in [2.75, 3.05) is 26.7 Å². The molecule has 0 unspecified atom stereocenters. The number of hydrogen-bond donors (Lipinski definition) is 1. The van der Waals surface area contributed by atoms with Crippen LogP contribution in [0.15, 0.2) is 12.4 Å². The van der Waals surface area contributed by atoms with E-state index in [9.17, 15) is 0 Å². The van der Waals surface area contributed by atoms with E-state index >= 15 is 0 Å². The number of hydrogen-bond acceptors (Lipinski definition) is 3. The first-order chi connectivity index (χ1) is 7.72. The Labute approximate surface area is 98.6 Å². The Kier molecular flexibility index (Phi) is 6.11. The number of nitrogens with zero attached hydrogens (tertiary/aromatic N) is 3. The SMILES string of the molecule is CCCCN(C)CCNCc1cnn(C)c1. The van der Waals surface area contributed by atoms with Crippen LogP contribution in [0.3, 0.4) is 0 Å². The molecule has 0 amide bonds. The zero-order chi connectivity index (χ0) is 11.8. The van der Waals surface area contributed by atoms with Gasteiger partial charge in [0, 0.05) is 38.4 Å². The Hall–Kier alpha value is -0.870. The van der Waals surface area contributed by atoms with Crippen molar-refractivity contribution < 1.29 is 0 Å². The average Bonchev–Trinajstić information content (AvgIpc) is 2.67. The molecule has 0 atom stereocenters. The summed E-state index contributed by atoms with van der Waals surface area (Å²) in [5, 5.41) is 7.56. The third kappa shape index (κ3) is 5.28. The summed E-state index contributed by atoms with van der Waals surface area (Å²) >= 11 is 0. The lowest BCUT2D eigenvalue weighted by Crippen LogP contribution is -2.29. The van der Waals surface area contributed by atoms with Gasteiger partial charge in [-0.25, -0.2) is 0 Å². The highest BCUT2D eigenvalue weighted by Crippen LogP contribution is 1.95. The molecular formula is C12H24N4. The second-order valence-electron chi connectivity index (χ2n) is 4.36. The number of nitrogens with one attached hydrogen (secondary N) is 1. The van der Waals surface area contributed by atoms with Gasteiger partial charge in [-0.2, -0.15) is 5.10 Å². The van der Waals surface area contributed by atoms with E-state index in [2.05, 4.69) is 29.3 Å². The van der Waals surface area contributed by atoms with E-state index in [1.54, 1.807) is 0 Å². The molecule has 0 fully saturated rings. The lowest BCUT2D eigenvalue weighted by Gasteiger charge is -2.15. The maximum absolute atomic E-state index is 4.14. The fourth-order valence-corrected chi connectivity index (χ4v) is 1.61.